The molecule has 0 aromatic carbocycles. The van der Waals surface area contributed by atoms with Gasteiger partial charge in [-0.1, -0.05) is 5.16 Å². The molecular formula is C17H17N7O5S4. The normalized spacial score (nSPS) is 20.4. The Kier molecular flexibility index (Phi) is 6.87. The van der Waals surface area contributed by atoms with Crippen molar-refractivity contribution in [3.05, 3.63) is 32.5 Å². The largest absolute Gasteiger partial charge is 0.477 e. The Bertz CT molecular complexity index is 1180. The number of carboxylic acid groups (broad SMARTS) is 1. The van der Waals surface area contributed by atoms with Crippen molar-refractivity contribution >= 4 is 75.0 Å². The molecule has 2 aromatic heterocycles. The van der Waals surface area contributed by atoms with E-state index in [1.54, 1.807) is 12.3 Å². The maximum absolute atomic E-state index is 12.9. The molecule has 0 bridgehead atoms. The topological polar surface area (TPSA) is 173 Å². The molecule has 16 heteroatoms. The number of carbonyl (C=O) groups excluding carboxylic acids is 2. The average molecular weight is 528 g/mol. The zero-order valence-electron chi connectivity index (χ0n) is 17.2. The van der Waals surface area contributed by atoms with E-state index < -0.39 is 29.2 Å². The van der Waals surface area contributed by atoms with E-state index in [2.05, 4.69) is 24.8 Å². The predicted molar refractivity (Wildman–Crippen MR) is 126 cm³/mol. The Labute approximate surface area is 203 Å². The highest BCUT2D eigenvalue weighted by molar-refractivity contribution is 8.05. The van der Waals surface area contributed by atoms with Gasteiger partial charge in [-0.25, -0.2) is 14.8 Å². The Morgan fingerprint density at radius 1 is 1.45 bits per heavy atom. The Morgan fingerprint density at radius 2 is 2.24 bits per heavy atom. The lowest BCUT2D eigenvalue weighted by Crippen LogP contribution is -2.71. The number of aliphatic carboxylic acids is 1. The summed E-state index contributed by atoms with van der Waals surface area (Å²) in [4.78, 5) is 52.4. The van der Waals surface area contributed by atoms with Gasteiger partial charge in [0.1, 0.15) is 40.7 Å². The standard InChI is InChI=1S/C17H17N7O5S4/c1-6-19-9(33-23-6)5-30-8-4-31-15-11(14(26)24(15)12(8)16(27)28)21-13(25)10(22-29-2)7-3-32-17(18)20-7/h3,11,15H,4-5H2,1-2H3,(H2,18,20)(H,21,25)(H,27,28)/b22-10-/t11-,15-/m1/s1. The van der Waals surface area contributed by atoms with Crippen molar-refractivity contribution in [1.82, 2.24) is 24.6 Å². The van der Waals surface area contributed by atoms with E-state index in [4.69, 9.17) is 10.6 Å². The molecule has 0 spiro atoms. The van der Waals surface area contributed by atoms with Crippen LogP contribution in [0.3, 0.4) is 0 Å². The highest BCUT2D eigenvalue weighted by Gasteiger charge is 2.54. The monoisotopic (exact) mass is 527 g/mol. The summed E-state index contributed by atoms with van der Waals surface area (Å²) in [5.74, 6) is -0.889. The van der Waals surface area contributed by atoms with Gasteiger partial charge >= 0.3 is 5.97 Å². The fourth-order valence-corrected chi connectivity index (χ4v) is 6.95. The molecule has 4 heterocycles. The van der Waals surface area contributed by atoms with Gasteiger partial charge in [0, 0.05) is 16.0 Å². The van der Waals surface area contributed by atoms with E-state index >= 15 is 0 Å². The van der Waals surface area contributed by atoms with E-state index in [1.807, 2.05) is 0 Å². The maximum atomic E-state index is 12.9. The van der Waals surface area contributed by atoms with Crippen LogP contribution in [-0.2, 0) is 25.0 Å². The number of hydrogen-bond acceptors (Lipinski definition) is 13. The first-order valence-electron chi connectivity index (χ1n) is 9.26. The van der Waals surface area contributed by atoms with Gasteiger partial charge in [0.15, 0.2) is 10.8 Å². The number of fused-ring (bicyclic) bond motifs is 1. The van der Waals surface area contributed by atoms with Crippen molar-refractivity contribution in [2.75, 3.05) is 18.6 Å². The lowest BCUT2D eigenvalue weighted by molar-refractivity contribution is -0.150. The van der Waals surface area contributed by atoms with Crippen LogP contribution in [0.25, 0.3) is 0 Å². The van der Waals surface area contributed by atoms with Gasteiger partial charge in [0.25, 0.3) is 11.8 Å². The van der Waals surface area contributed by atoms with Crippen LogP contribution in [0.1, 0.15) is 16.5 Å². The number of thiazole rings is 1. The molecule has 4 N–H and O–H groups in total. The second kappa shape index (κ2) is 9.66. The molecule has 4 rings (SSSR count). The van der Waals surface area contributed by atoms with E-state index in [9.17, 15) is 19.5 Å². The van der Waals surface area contributed by atoms with Crippen LogP contribution in [0.4, 0.5) is 5.13 Å². The second-order valence-corrected chi connectivity index (χ2v) is 10.6. The summed E-state index contributed by atoms with van der Waals surface area (Å²) in [6, 6.07) is -0.910. The van der Waals surface area contributed by atoms with Crippen LogP contribution < -0.4 is 11.1 Å². The molecule has 2 amide bonds. The zero-order valence-corrected chi connectivity index (χ0v) is 20.4. The summed E-state index contributed by atoms with van der Waals surface area (Å²) in [7, 11) is 1.28. The van der Waals surface area contributed by atoms with Crippen LogP contribution in [0, 0.1) is 6.92 Å². The molecule has 2 aromatic rings. The molecule has 2 atom stereocenters. The first-order chi connectivity index (χ1) is 15.8. The van der Waals surface area contributed by atoms with Gasteiger partial charge < -0.3 is 21.0 Å². The number of nitrogens with one attached hydrogen (secondary N) is 1. The molecule has 0 saturated carbocycles. The van der Waals surface area contributed by atoms with Crippen LogP contribution in [0.15, 0.2) is 21.1 Å². The summed E-state index contributed by atoms with van der Waals surface area (Å²) < 4.78 is 4.12. The number of amides is 2. The Hall–Kier alpha value is -2.69. The zero-order chi connectivity index (χ0) is 23.7. The third kappa shape index (κ3) is 4.68. The summed E-state index contributed by atoms with van der Waals surface area (Å²) in [5, 5.41) is 18.1. The van der Waals surface area contributed by atoms with Crippen molar-refractivity contribution in [2.45, 2.75) is 24.1 Å². The van der Waals surface area contributed by atoms with E-state index in [0.717, 1.165) is 16.3 Å². The third-order valence-electron chi connectivity index (χ3n) is 4.52. The summed E-state index contributed by atoms with van der Waals surface area (Å²) in [6.07, 6.45) is 0. The molecule has 12 nitrogen and oxygen atoms in total. The molecule has 33 heavy (non-hydrogen) atoms. The lowest BCUT2D eigenvalue weighted by atomic mass is 10.0. The number of rotatable bonds is 8. The molecule has 2 aliphatic rings. The molecule has 0 unspecified atom stereocenters. The number of nitrogens with two attached hydrogens (primary N) is 1. The highest BCUT2D eigenvalue weighted by Crippen LogP contribution is 2.44. The first kappa shape index (κ1) is 23.5. The molecule has 2 aliphatic heterocycles. The Morgan fingerprint density at radius 3 is 2.85 bits per heavy atom. The summed E-state index contributed by atoms with van der Waals surface area (Å²) in [6.45, 7) is 1.78. The van der Waals surface area contributed by atoms with Gasteiger partial charge in [-0.15, -0.1) is 34.9 Å². The number of anilines is 1. The van der Waals surface area contributed by atoms with Crippen LogP contribution >= 0.6 is 46.4 Å². The van der Waals surface area contributed by atoms with Gasteiger partial charge in [-0.05, 0) is 18.5 Å². The second-order valence-electron chi connectivity index (χ2n) is 6.66. The molecule has 0 radical (unpaired) electrons. The fourth-order valence-electron chi connectivity index (χ4n) is 3.15. The third-order valence-corrected chi connectivity index (χ3v) is 8.75. The molecule has 1 saturated heterocycles. The van der Waals surface area contributed by atoms with E-state index in [-0.39, 0.29) is 22.2 Å². The van der Waals surface area contributed by atoms with Crippen molar-refractivity contribution in [1.29, 1.82) is 0 Å². The molecule has 174 valence electrons. The van der Waals surface area contributed by atoms with Gasteiger partial charge in [-0.2, -0.15) is 4.37 Å². The molecular weight excluding hydrogens is 510 g/mol. The fraction of sp³-hybridized carbons (Fsp3) is 0.353. The maximum Gasteiger partial charge on any atom is 0.353 e. The number of β-lactam (4-membered cyclic amide) rings is 1. The Balaban J connectivity index is 1.49. The number of hydrogen-bond donors (Lipinski definition) is 3. The van der Waals surface area contributed by atoms with Crippen LogP contribution in [-0.4, -0.2) is 72.1 Å². The van der Waals surface area contributed by atoms with Gasteiger partial charge in [0.05, 0.1) is 5.75 Å². The van der Waals surface area contributed by atoms with Crippen LogP contribution in [0.2, 0.25) is 0 Å². The highest BCUT2D eigenvalue weighted by atomic mass is 32.2. The van der Waals surface area contributed by atoms with E-state index in [1.165, 1.54) is 47.1 Å². The summed E-state index contributed by atoms with van der Waals surface area (Å²) in [5.41, 5.74) is 5.64. The lowest BCUT2D eigenvalue weighted by Gasteiger charge is -2.49. The predicted octanol–water partition coefficient (Wildman–Crippen LogP) is 0.865. The van der Waals surface area contributed by atoms with Crippen molar-refractivity contribution in [3.8, 4) is 0 Å². The summed E-state index contributed by atoms with van der Waals surface area (Å²) >= 11 is 5.08. The average Bonchev–Trinajstić information content (AvgIpc) is 3.40. The van der Waals surface area contributed by atoms with Crippen molar-refractivity contribution in [3.63, 3.8) is 0 Å². The SMILES string of the molecule is CO/N=C(\C(=O)N[C@@H]1C(=O)N2C(C(=O)O)=C(SCc3nc(C)ns3)CS[C@H]12)c1csc(N)n1. The minimum Gasteiger partial charge on any atom is -0.477 e. The van der Waals surface area contributed by atoms with Crippen LogP contribution in [0.5, 0.6) is 0 Å². The number of carbonyl (C=O) groups is 3. The number of nitrogens with zero attached hydrogens (tertiary/aromatic N) is 5. The van der Waals surface area contributed by atoms with Gasteiger partial charge in [0.2, 0.25) is 0 Å². The number of carboxylic acids is 1. The number of aromatic nitrogens is 3. The number of nitrogen functional groups attached to an aromatic ring is 1. The van der Waals surface area contributed by atoms with Crippen molar-refractivity contribution < 1.29 is 24.3 Å². The van der Waals surface area contributed by atoms with Gasteiger partial charge in [-0.3, -0.25) is 14.5 Å². The smallest absolute Gasteiger partial charge is 0.353 e. The molecule has 0 aliphatic carbocycles. The number of oxime groups is 1. The number of thioether (sulfide) groups is 2. The van der Waals surface area contributed by atoms with Crippen molar-refractivity contribution in [2.24, 2.45) is 5.16 Å². The molecule has 1 fully saturated rings. The van der Waals surface area contributed by atoms with E-state index in [0.29, 0.717) is 22.2 Å². The first-order valence-corrected chi connectivity index (χ1v) is 13.0. The minimum atomic E-state index is -1.20. The number of aryl methyl sites for hydroxylation is 1. The quantitative estimate of drug-likeness (QED) is 0.252. The minimum absolute atomic E-state index is 0.0708.